The van der Waals surface area contributed by atoms with Crippen molar-refractivity contribution in [1.29, 1.82) is 0 Å². The van der Waals surface area contributed by atoms with Gasteiger partial charge in [-0.15, -0.1) is 0 Å². The predicted molar refractivity (Wildman–Crippen MR) is 56.6 cm³/mol. The van der Waals surface area contributed by atoms with Gasteiger partial charge in [0.25, 0.3) is 0 Å². The van der Waals surface area contributed by atoms with Crippen molar-refractivity contribution in [3.8, 4) is 0 Å². The summed E-state index contributed by atoms with van der Waals surface area (Å²) in [6.45, 7) is 2.12. The molecule has 2 unspecified atom stereocenters. The summed E-state index contributed by atoms with van der Waals surface area (Å²) < 4.78 is 4.88. The summed E-state index contributed by atoms with van der Waals surface area (Å²) in [4.78, 5) is 13.6. The lowest BCUT2D eigenvalue weighted by atomic mass is 10.2. The minimum absolute atomic E-state index is 0.0786. The van der Waals surface area contributed by atoms with Crippen LogP contribution in [0.15, 0.2) is 0 Å². The zero-order chi connectivity index (χ0) is 9.97. The van der Waals surface area contributed by atoms with E-state index in [0.717, 1.165) is 12.3 Å². The van der Waals surface area contributed by atoms with Crippen LogP contribution < -0.4 is 5.32 Å². The summed E-state index contributed by atoms with van der Waals surface area (Å²) in [6, 6.07) is 0.558. The van der Waals surface area contributed by atoms with Gasteiger partial charge in [0, 0.05) is 37.2 Å². The summed E-state index contributed by atoms with van der Waals surface area (Å²) >= 11 is 2.00. The number of nitrogens with zero attached hydrogens (tertiary/aromatic N) is 1. The van der Waals surface area contributed by atoms with Crippen molar-refractivity contribution >= 4 is 17.8 Å². The van der Waals surface area contributed by atoms with Gasteiger partial charge >= 0.3 is 6.03 Å². The van der Waals surface area contributed by atoms with Gasteiger partial charge in [-0.05, 0) is 6.42 Å². The fourth-order valence-electron chi connectivity index (χ4n) is 2.01. The molecule has 2 fully saturated rings. The molecule has 0 aromatic carbocycles. The van der Waals surface area contributed by atoms with Crippen LogP contribution in [0.25, 0.3) is 0 Å². The van der Waals surface area contributed by atoms with Gasteiger partial charge in [0.15, 0.2) is 0 Å². The highest BCUT2D eigenvalue weighted by molar-refractivity contribution is 8.00. The molecule has 0 spiro atoms. The molecule has 1 N–H and O–H groups in total. The molecule has 2 saturated heterocycles. The molecule has 5 heteroatoms. The topological polar surface area (TPSA) is 41.6 Å². The summed E-state index contributed by atoms with van der Waals surface area (Å²) in [5.41, 5.74) is 0. The lowest BCUT2D eigenvalue weighted by molar-refractivity contribution is 0.178. The van der Waals surface area contributed by atoms with Crippen LogP contribution >= 0.6 is 11.8 Å². The molecule has 2 bridgehead atoms. The van der Waals surface area contributed by atoms with E-state index in [1.54, 1.807) is 7.11 Å². The van der Waals surface area contributed by atoms with Gasteiger partial charge in [0.05, 0.1) is 6.61 Å². The molecule has 0 aliphatic carbocycles. The Kier molecular flexibility index (Phi) is 3.18. The first-order valence-electron chi connectivity index (χ1n) is 4.96. The Balaban J connectivity index is 1.75. The SMILES string of the molecule is COCCNC(=O)N1CC2CC1CS2. The molecule has 2 heterocycles. The van der Waals surface area contributed by atoms with Gasteiger partial charge < -0.3 is 15.0 Å². The maximum Gasteiger partial charge on any atom is 0.317 e. The highest BCUT2D eigenvalue weighted by Crippen LogP contribution is 2.37. The molecule has 2 aliphatic rings. The Hall–Kier alpha value is -0.420. The van der Waals surface area contributed by atoms with E-state index >= 15 is 0 Å². The summed E-state index contributed by atoms with van der Waals surface area (Å²) in [5, 5.41) is 3.55. The number of rotatable bonds is 3. The number of nitrogens with one attached hydrogen (secondary N) is 1. The Labute approximate surface area is 88.4 Å². The van der Waals surface area contributed by atoms with E-state index in [-0.39, 0.29) is 6.03 Å². The van der Waals surface area contributed by atoms with Crippen LogP contribution in [-0.4, -0.2) is 54.8 Å². The third kappa shape index (κ3) is 1.98. The number of methoxy groups -OCH3 is 1. The van der Waals surface area contributed by atoms with Crippen molar-refractivity contribution in [2.24, 2.45) is 0 Å². The molecule has 2 rings (SSSR count). The van der Waals surface area contributed by atoms with E-state index in [4.69, 9.17) is 4.74 Å². The van der Waals surface area contributed by atoms with Crippen LogP contribution in [0.3, 0.4) is 0 Å². The number of hydrogen-bond acceptors (Lipinski definition) is 3. The number of ether oxygens (including phenoxy) is 1. The normalized spacial score (nSPS) is 29.6. The van der Waals surface area contributed by atoms with E-state index in [9.17, 15) is 4.79 Å². The van der Waals surface area contributed by atoms with Crippen LogP contribution in [0.5, 0.6) is 0 Å². The molecule has 0 aromatic heterocycles. The molecule has 0 radical (unpaired) electrons. The Morgan fingerprint density at radius 3 is 3.14 bits per heavy atom. The molecule has 2 atom stereocenters. The van der Waals surface area contributed by atoms with Crippen molar-refractivity contribution in [1.82, 2.24) is 10.2 Å². The summed E-state index contributed by atoms with van der Waals surface area (Å²) in [6.07, 6.45) is 1.18. The standard InChI is InChI=1S/C9H16N2O2S/c1-13-3-2-10-9(12)11-5-8-4-7(11)6-14-8/h7-8H,2-6H2,1H3,(H,10,12). The molecule has 0 saturated carbocycles. The third-order valence-corrected chi connectivity index (χ3v) is 4.13. The molecule has 14 heavy (non-hydrogen) atoms. The van der Waals surface area contributed by atoms with Crippen LogP contribution in [0.1, 0.15) is 6.42 Å². The monoisotopic (exact) mass is 216 g/mol. The van der Waals surface area contributed by atoms with Gasteiger partial charge in [0.1, 0.15) is 0 Å². The second-order valence-corrected chi connectivity index (χ2v) is 5.06. The van der Waals surface area contributed by atoms with Crippen LogP contribution in [0.4, 0.5) is 4.79 Å². The Morgan fingerprint density at radius 1 is 1.71 bits per heavy atom. The molecular formula is C9H16N2O2S. The molecule has 2 amide bonds. The second-order valence-electron chi connectivity index (χ2n) is 3.72. The number of carbonyl (C=O) groups is 1. The van der Waals surface area contributed by atoms with Gasteiger partial charge in [0.2, 0.25) is 0 Å². The van der Waals surface area contributed by atoms with Crippen LogP contribution in [0, 0.1) is 0 Å². The molecule has 0 aromatic rings. The number of carbonyl (C=O) groups excluding carboxylic acids is 1. The minimum Gasteiger partial charge on any atom is -0.383 e. The average Bonchev–Trinajstić information content (AvgIpc) is 2.79. The average molecular weight is 216 g/mol. The van der Waals surface area contributed by atoms with Crippen molar-refractivity contribution in [2.75, 3.05) is 32.6 Å². The summed E-state index contributed by atoms with van der Waals surface area (Å²) in [7, 11) is 1.64. The zero-order valence-corrected chi connectivity index (χ0v) is 9.18. The quantitative estimate of drug-likeness (QED) is 0.700. The van der Waals surface area contributed by atoms with E-state index in [1.807, 2.05) is 16.7 Å². The molecule has 2 aliphatic heterocycles. The number of hydrogen-bond donors (Lipinski definition) is 1. The largest absolute Gasteiger partial charge is 0.383 e. The van der Waals surface area contributed by atoms with Crippen LogP contribution in [-0.2, 0) is 4.74 Å². The first-order valence-corrected chi connectivity index (χ1v) is 6.01. The number of amides is 2. The maximum absolute atomic E-state index is 11.7. The lowest BCUT2D eigenvalue weighted by Gasteiger charge is -2.26. The van der Waals surface area contributed by atoms with Crippen molar-refractivity contribution in [2.45, 2.75) is 17.7 Å². The van der Waals surface area contributed by atoms with Gasteiger partial charge in [-0.3, -0.25) is 0 Å². The van der Waals surface area contributed by atoms with E-state index in [2.05, 4.69) is 5.32 Å². The van der Waals surface area contributed by atoms with Gasteiger partial charge in [-0.2, -0.15) is 11.8 Å². The Bertz CT molecular complexity index is 225. The maximum atomic E-state index is 11.7. The molecule has 80 valence electrons. The van der Waals surface area contributed by atoms with E-state index in [0.29, 0.717) is 24.4 Å². The first kappa shape index (κ1) is 10.1. The zero-order valence-electron chi connectivity index (χ0n) is 8.36. The lowest BCUT2D eigenvalue weighted by Crippen LogP contribution is -2.46. The van der Waals surface area contributed by atoms with E-state index < -0.39 is 0 Å². The predicted octanol–water partition coefficient (Wildman–Crippen LogP) is 0.532. The fourth-order valence-corrected chi connectivity index (χ4v) is 3.44. The minimum atomic E-state index is 0.0786. The van der Waals surface area contributed by atoms with Crippen molar-refractivity contribution in [3.05, 3.63) is 0 Å². The molecule has 4 nitrogen and oxygen atoms in total. The third-order valence-electron chi connectivity index (χ3n) is 2.74. The summed E-state index contributed by atoms with van der Waals surface area (Å²) in [5.74, 6) is 1.11. The highest BCUT2D eigenvalue weighted by Gasteiger charge is 2.40. The number of likely N-dealkylation sites (tertiary alicyclic amines) is 1. The Morgan fingerprint density at radius 2 is 2.57 bits per heavy atom. The fraction of sp³-hybridized carbons (Fsp3) is 0.889. The number of urea groups is 1. The van der Waals surface area contributed by atoms with Gasteiger partial charge in [-0.25, -0.2) is 4.79 Å². The number of thioether (sulfide) groups is 1. The highest BCUT2D eigenvalue weighted by atomic mass is 32.2. The second kappa shape index (κ2) is 4.40. The van der Waals surface area contributed by atoms with Gasteiger partial charge in [-0.1, -0.05) is 0 Å². The first-order chi connectivity index (χ1) is 6.81. The van der Waals surface area contributed by atoms with Crippen molar-refractivity contribution < 1.29 is 9.53 Å². The number of fused-ring (bicyclic) bond motifs is 2. The van der Waals surface area contributed by atoms with Crippen molar-refractivity contribution in [3.63, 3.8) is 0 Å². The smallest absolute Gasteiger partial charge is 0.317 e. The molecular weight excluding hydrogens is 200 g/mol. The van der Waals surface area contributed by atoms with E-state index in [1.165, 1.54) is 6.42 Å². The van der Waals surface area contributed by atoms with Crippen LogP contribution in [0.2, 0.25) is 0 Å².